The van der Waals surface area contributed by atoms with Crippen molar-refractivity contribution in [3.8, 4) is 0 Å². The van der Waals surface area contributed by atoms with Crippen LogP contribution in [0.3, 0.4) is 0 Å². The molecule has 0 spiro atoms. The molecule has 102 valence electrons. The first-order chi connectivity index (χ1) is 9.43. The van der Waals surface area contributed by atoms with Gasteiger partial charge >= 0.3 is 7.12 Å². The second kappa shape index (κ2) is 7.86. The molecule has 0 atom stereocenters. The van der Waals surface area contributed by atoms with Gasteiger partial charge in [-0.25, -0.2) is 4.85 Å². The third-order valence-corrected chi connectivity index (χ3v) is 3.16. The minimum absolute atomic E-state index is 0.533. The maximum atomic E-state index is 8.67. The Morgan fingerprint density at radius 3 is 2.10 bits per heavy atom. The molecule has 0 heterocycles. The van der Waals surface area contributed by atoms with Gasteiger partial charge in [0.15, 0.2) is 5.69 Å². The van der Waals surface area contributed by atoms with E-state index in [1.807, 2.05) is 44.2 Å². The highest BCUT2D eigenvalue weighted by molar-refractivity contribution is 9.10. The van der Waals surface area contributed by atoms with Gasteiger partial charge < -0.3 is 10.0 Å². The Labute approximate surface area is 128 Å². The predicted molar refractivity (Wildman–Crippen MR) is 86.1 cm³/mol. The minimum Gasteiger partial charge on any atom is -0.423 e. The molecular weight excluding hydrogens is 317 g/mol. The zero-order valence-corrected chi connectivity index (χ0v) is 12.9. The molecular formula is C15H15BBrNO2. The molecule has 0 amide bonds. The Morgan fingerprint density at radius 1 is 1.05 bits per heavy atom. The van der Waals surface area contributed by atoms with Crippen LogP contribution in [0.15, 0.2) is 46.9 Å². The summed E-state index contributed by atoms with van der Waals surface area (Å²) in [5, 5.41) is 17.3. The summed E-state index contributed by atoms with van der Waals surface area (Å²) in [4.78, 5) is 3.35. The number of rotatable bonds is 1. The quantitative estimate of drug-likeness (QED) is 0.623. The van der Waals surface area contributed by atoms with Crippen LogP contribution in [0, 0.1) is 20.4 Å². The SMILES string of the molecule is Cc1ccc(B(O)O)cc1.[C-]#[N+]c1cc(Br)ccc1C. The van der Waals surface area contributed by atoms with Crippen LogP contribution in [0.25, 0.3) is 4.85 Å². The van der Waals surface area contributed by atoms with Gasteiger partial charge in [-0.05, 0) is 30.9 Å². The summed E-state index contributed by atoms with van der Waals surface area (Å²) in [5.41, 5.74) is 3.39. The smallest absolute Gasteiger partial charge is 0.423 e. The van der Waals surface area contributed by atoms with Crippen LogP contribution < -0.4 is 5.46 Å². The monoisotopic (exact) mass is 331 g/mol. The first-order valence-electron chi connectivity index (χ1n) is 6.00. The Kier molecular flexibility index (Phi) is 6.46. The maximum Gasteiger partial charge on any atom is 0.488 e. The third kappa shape index (κ3) is 5.18. The molecule has 20 heavy (non-hydrogen) atoms. The lowest BCUT2D eigenvalue weighted by Gasteiger charge is -1.97. The lowest BCUT2D eigenvalue weighted by Crippen LogP contribution is -2.29. The van der Waals surface area contributed by atoms with Crippen molar-refractivity contribution in [2.45, 2.75) is 13.8 Å². The van der Waals surface area contributed by atoms with E-state index in [0.29, 0.717) is 5.46 Å². The van der Waals surface area contributed by atoms with E-state index < -0.39 is 7.12 Å². The zero-order chi connectivity index (χ0) is 15.1. The molecule has 0 aliphatic carbocycles. The summed E-state index contributed by atoms with van der Waals surface area (Å²) in [6, 6.07) is 12.8. The molecule has 2 N–H and O–H groups in total. The molecule has 0 aromatic heterocycles. The van der Waals surface area contributed by atoms with Crippen LogP contribution in [-0.2, 0) is 0 Å². The van der Waals surface area contributed by atoms with E-state index in [9.17, 15) is 0 Å². The molecule has 0 unspecified atom stereocenters. The Bertz CT molecular complexity index is 606. The van der Waals surface area contributed by atoms with Gasteiger partial charge in [-0.2, -0.15) is 0 Å². The molecule has 0 fully saturated rings. The lowest BCUT2D eigenvalue weighted by molar-refractivity contribution is 0.426. The van der Waals surface area contributed by atoms with Crippen LogP contribution >= 0.6 is 15.9 Å². The molecule has 5 heteroatoms. The Balaban J connectivity index is 0.000000200. The lowest BCUT2D eigenvalue weighted by atomic mass is 9.80. The van der Waals surface area contributed by atoms with E-state index in [2.05, 4.69) is 20.8 Å². The molecule has 0 radical (unpaired) electrons. The maximum absolute atomic E-state index is 8.67. The number of benzene rings is 2. The van der Waals surface area contributed by atoms with Crippen molar-refractivity contribution < 1.29 is 10.0 Å². The molecule has 0 aliphatic rings. The second-order valence-corrected chi connectivity index (χ2v) is 5.24. The average Bonchev–Trinajstić information content (AvgIpc) is 2.42. The number of aryl methyl sites for hydroxylation is 2. The summed E-state index contributed by atoms with van der Waals surface area (Å²) >= 11 is 3.29. The van der Waals surface area contributed by atoms with Gasteiger partial charge in [-0.1, -0.05) is 57.9 Å². The summed E-state index contributed by atoms with van der Waals surface area (Å²) in [5.74, 6) is 0. The van der Waals surface area contributed by atoms with E-state index >= 15 is 0 Å². The average molecular weight is 332 g/mol. The zero-order valence-electron chi connectivity index (χ0n) is 11.3. The van der Waals surface area contributed by atoms with Crippen molar-refractivity contribution in [3.05, 3.63) is 69.5 Å². The van der Waals surface area contributed by atoms with Gasteiger partial charge in [-0.3, -0.25) is 0 Å². The van der Waals surface area contributed by atoms with Crippen molar-refractivity contribution in [2.24, 2.45) is 0 Å². The number of hydrogen-bond donors (Lipinski definition) is 2. The molecule has 2 aromatic rings. The number of halogens is 1. The fourth-order valence-electron chi connectivity index (χ4n) is 1.44. The van der Waals surface area contributed by atoms with Crippen molar-refractivity contribution >= 4 is 34.2 Å². The number of hydrogen-bond acceptors (Lipinski definition) is 2. The van der Waals surface area contributed by atoms with Gasteiger partial charge in [0.25, 0.3) is 0 Å². The molecule has 0 saturated heterocycles. The highest BCUT2D eigenvalue weighted by Gasteiger charge is 2.08. The van der Waals surface area contributed by atoms with Gasteiger partial charge in [0.05, 0.1) is 6.57 Å². The molecule has 2 aromatic carbocycles. The van der Waals surface area contributed by atoms with Crippen LogP contribution in [0.4, 0.5) is 5.69 Å². The Hall–Kier alpha value is -1.61. The molecule has 3 nitrogen and oxygen atoms in total. The summed E-state index contributed by atoms with van der Waals surface area (Å²) < 4.78 is 0.962. The Morgan fingerprint density at radius 2 is 1.65 bits per heavy atom. The van der Waals surface area contributed by atoms with Crippen LogP contribution in [0.5, 0.6) is 0 Å². The summed E-state index contributed by atoms with van der Waals surface area (Å²) in [7, 11) is -1.35. The standard InChI is InChI=1S/C8H6BrN.C7H9BO2/c1-6-3-4-7(9)5-8(6)10-2;1-6-2-4-7(5-3-6)8(9)10/h3-5H,1H3;2-5,9-10H,1H3. The first kappa shape index (κ1) is 16.4. The van der Waals surface area contributed by atoms with Gasteiger partial charge in [-0.15, -0.1) is 0 Å². The van der Waals surface area contributed by atoms with E-state index in [4.69, 9.17) is 16.6 Å². The van der Waals surface area contributed by atoms with Crippen LogP contribution in [-0.4, -0.2) is 17.2 Å². The van der Waals surface area contributed by atoms with Gasteiger partial charge in [0.2, 0.25) is 0 Å². The normalized spacial score (nSPS) is 9.20. The van der Waals surface area contributed by atoms with E-state index in [1.54, 1.807) is 12.1 Å². The molecule has 0 aliphatic heterocycles. The van der Waals surface area contributed by atoms with E-state index in [1.165, 1.54) is 0 Å². The summed E-state index contributed by atoms with van der Waals surface area (Å²) in [6.45, 7) is 10.7. The van der Waals surface area contributed by atoms with Crippen molar-refractivity contribution in [1.29, 1.82) is 0 Å². The van der Waals surface area contributed by atoms with Crippen LogP contribution in [0.1, 0.15) is 11.1 Å². The largest absolute Gasteiger partial charge is 0.488 e. The summed E-state index contributed by atoms with van der Waals surface area (Å²) in [6.07, 6.45) is 0. The third-order valence-electron chi connectivity index (χ3n) is 2.67. The fraction of sp³-hybridized carbons (Fsp3) is 0.133. The van der Waals surface area contributed by atoms with E-state index in [0.717, 1.165) is 21.3 Å². The van der Waals surface area contributed by atoms with Gasteiger partial charge in [0.1, 0.15) is 0 Å². The van der Waals surface area contributed by atoms with E-state index in [-0.39, 0.29) is 0 Å². The minimum atomic E-state index is -1.35. The second-order valence-electron chi connectivity index (χ2n) is 4.33. The molecule has 0 bridgehead atoms. The highest BCUT2D eigenvalue weighted by Crippen LogP contribution is 2.22. The highest BCUT2D eigenvalue weighted by atomic mass is 79.9. The molecule has 0 saturated carbocycles. The van der Waals surface area contributed by atoms with Crippen molar-refractivity contribution in [2.75, 3.05) is 0 Å². The molecule has 2 rings (SSSR count). The van der Waals surface area contributed by atoms with Gasteiger partial charge in [0, 0.05) is 4.47 Å². The fourth-order valence-corrected chi connectivity index (χ4v) is 1.79. The number of nitrogens with zero attached hydrogens (tertiary/aromatic N) is 1. The first-order valence-corrected chi connectivity index (χ1v) is 6.79. The van der Waals surface area contributed by atoms with Crippen molar-refractivity contribution in [3.63, 3.8) is 0 Å². The van der Waals surface area contributed by atoms with Crippen molar-refractivity contribution in [1.82, 2.24) is 0 Å². The predicted octanol–water partition coefficient (Wildman–Crippen LogP) is 2.98. The van der Waals surface area contributed by atoms with Crippen LogP contribution in [0.2, 0.25) is 0 Å². The topological polar surface area (TPSA) is 44.8 Å².